The van der Waals surface area contributed by atoms with Gasteiger partial charge in [0.05, 0.1) is 37.5 Å². The van der Waals surface area contributed by atoms with Crippen molar-refractivity contribution >= 4 is 27.7 Å². The smallest absolute Gasteiger partial charge is 0.228 e. The van der Waals surface area contributed by atoms with Gasteiger partial charge in [-0.2, -0.15) is 0 Å². The van der Waals surface area contributed by atoms with E-state index in [1.54, 1.807) is 11.5 Å². The Kier molecular flexibility index (Phi) is 6.20. The molecule has 0 N–H and O–H groups in total. The van der Waals surface area contributed by atoms with Gasteiger partial charge in [-0.25, -0.2) is 4.39 Å². The molecule has 0 atom stereocenters. The maximum Gasteiger partial charge on any atom is 0.228 e. The Hall–Kier alpha value is -2.44. The summed E-state index contributed by atoms with van der Waals surface area (Å²) in [6, 6.07) is 13.6. The van der Waals surface area contributed by atoms with Crippen LogP contribution in [0.5, 0.6) is 5.75 Å². The second-order valence-electron chi connectivity index (χ2n) is 5.81. The molecule has 0 saturated heterocycles. The molecule has 2 aromatic carbocycles. The monoisotopic (exact) mass is 359 g/mol. The van der Waals surface area contributed by atoms with Crippen molar-refractivity contribution in [3.8, 4) is 5.75 Å². The lowest BCUT2D eigenvalue weighted by atomic mass is 10.1. The summed E-state index contributed by atoms with van der Waals surface area (Å²) in [4.78, 5) is 12.1. The van der Waals surface area contributed by atoms with Crippen molar-refractivity contribution in [1.29, 1.82) is 0 Å². The SMILES string of the molecule is CC(=O)n1c2ccccc2c2ccc(OCCOCCOCCF)cc21. The lowest BCUT2D eigenvalue weighted by Gasteiger charge is -2.08. The molecule has 0 spiro atoms. The minimum atomic E-state index is -0.484. The summed E-state index contributed by atoms with van der Waals surface area (Å²) in [5, 5.41) is 2.06. The number of halogens is 1. The van der Waals surface area contributed by atoms with Gasteiger partial charge >= 0.3 is 0 Å². The molecule has 1 aromatic heterocycles. The molecule has 3 rings (SSSR count). The van der Waals surface area contributed by atoms with E-state index in [-0.39, 0.29) is 12.5 Å². The highest BCUT2D eigenvalue weighted by Crippen LogP contribution is 2.31. The summed E-state index contributed by atoms with van der Waals surface area (Å²) >= 11 is 0. The van der Waals surface area contributed by atoms with Crippen LogP contribution in [-0.2, 0) is 9.47 Å². The molecule has 0 bridgehead atoms. The zero-order valence-corrected chi connectivity index (χ0v) is 14.7. The Bertz CT molecular complexity index is 890. The molecule has 138 valence electrons. The number of hydrogen-bond donors (Lipinski definition) is 0. The Morgan fingerprint density at radius 1 is 0.923 bits per heavy atom. The summed E-state index contributed by atoms with van der Waals surface area (Å²) in [7, 11) is 0. The van der Waals surface area contributed by atoms with Crippen molar-refractivity contribution in [3.05, 3.63) is 42.5 Å². The molecule has 1 heterocycles. The Labute approximate surface area is 151 Å². The van der Waals surface area contributed by atoms with Crippen LogP contribution < -0.4 is 4.74 Å². The molecule has 26 heavy (non-hydrogen) atoms. The number of ether oxygens (including phenoxy) is 3. The predicted octanol–water partition coefficient (Wildman–Crippen LogP) is 3.84. The summed E-state index contributed by atoms with van der Waals surface area (Å²) in [5.41, 5.74) is 1.72. The summed E-state index contributed by atoms with van der Waals surface area (Å²) in [6.45, 7) is 2.74. The van der Waals surface area contributed by atoms with Gasteiger partial charge < -0.3 is 14.2 Å². The van der Waals surface area contributed by atoms with E-state index in [0.717, 1.165) is 21.8 Å². The second-order valence-corrected chi connectivity index (χ2v) is 5.81. The number of alkyl halides is 1. The van der Waals surface area contributed by atoms with Gasteiger partial charge in [-0.05, 0) is 18.2 Å². The molecule has 0 radical (unpaired) electrons. The van der Waals surface area contributed by atoms with Crippen LogP contribution in [0.1, 0.15) is 11.7 Å². The van der Waals surface area contributed by atoms with Gasteiger partial charge in [0.2, 0.25) is 5.91 Å². The van der Waals surface area contributed by atoms with Crippen molar-refractivity contribution in [2.24, 2.45) is 0 Å². The number of hydrogen-bond acceptors (Lipinski definition) is 4. The molecule has 0 fully saturated rings. The van der Waals surface area contributed by atoms with E-state index in [0.29, 0.717) is 32.2 Å². The number of benzene rings is 2. The highest BCUT2D eigenvalue weighted by molar-refractivity contribution is 6.13. The van der Waals surface area contributed by atoms with Crippen molar-refractivity contribution < 1.29 is 23.4 Å². The standard InChI is InChI=1S/C20H22FNO4/c1-15(23)22-19-5-3-2-4-17(19)18-7-6-16(14-20(18)22)26-13-12-25-11-10-24-9-8-21/h2-7,14H,8-13H2,1H3. The number of carbonyl (C=O) groups is 1. The summed E-state index contributed by atoms with van der Waals surface area (Å²) in [6.07, 6.45) is 0. The molecule has 6 heteroatoms. The van der Waals surface area contributed by atoms with Crippen LogP contribution in [0.3, 0.4) is 0 Å². The number of carbonyl (C=O) groups excluding carboxylic acids is 1. The predicted molar refractivity (Wildman–Crippen MR) is 98.9 cm³/mol. The molecule has 5 nitrogen and oxygen atoms in total. The van der Waals surface area contributed by atoms with Crippen molar-refractivity contribution in [2.45, 2.75) is 6.92 Å². The van der Waals surface area contributed by atoms with E-state index in [2.05, 4.69) is 0 Å². The highest BCUT2D eigenvalue weighted by Gasteiger charge is 2.13. The molecule has 0 aliphatic heterocycles. The van der Waals surface area contributed by atoms with Gasteiger partial charge in [0.25, 0.3) is 0 Å². The maximum atomic E-state index is 12.1. The van der Waals surface area contributed by atoms with Gasteiger partial charge in [-0.1, -0.05) is 18.2 Å². The van der Waals surface area contributed by atoms with E-state index < -0.39 is 6.67 Å². The van der Waals surface area contributed by atoms with Crippen LogP contribution in [0, 0.1) is 0 Å². The van der Waals surface area contributed by atoms with E-state index in [1.165, 1.54) is 0 Å². The highest BCUT2D eigenvalue weighted by atomic mass is 19.1. The van der Waals surface area contributed by atoms with Crippen molar-refractivity contribution in [2.75, 3.05) is 39.7 Å². The molecule has 0 aliphatic rings. The van der Waals surface area contributed by atoms with E-state index in [1.807, 2.05) is 42.5 Å². The zero-order valence-electron chi connectivity index (χ0n) is 14.7. The van der Waals surface area contributed by atoms with Gasteiger partial charge in [0, 0.05) is 23.8 Å². The zero-order chi connectivity index (χ0) is 18.4. The van der Waals surface area contributed by atoms with Crippen LogP contribution in [-0.4, -0.2) is 50.2 Å². The third-order valence-corrected chi connectivity index (χ3v) is 4.05. The first-order valence-corrected chi connectivity index (χ1v) is 8.61. The average molecular weight is 359 g/mol. The van der Waals surface area contributed by atoms with Crippen LogP contribution in [0.15, 0.2) is 42.5 Å². The first-order valence-electron chi connectivity index (χ1n) is 8.61. The van der Waals surface area contributed by atoms with Gasteiger partial charge in [-0.15, -0.1) is 0 Å². The molecule has 0 amide bonds. The number of fused-ring (bicyclic) bond motifs is 3. The molecule has 3 aromatic rings. The van der Waals surface area contributed by atoms with Crippen LogP contribution >= 0.6 is 0 Å². The second kappa shape index (κ2) is 8.78. The largest absolute Gasteiger partial charge is 0.491 e. The minimum absolute atomic E-state index is 0.0371. The molecule has 0 aliphatic carbocycles. The minimum Gasteiger partial charge on any atom is -0.491 e. The normalized spacial score (nSPS) is 11.3. The molecule has 0 saturated carbocycles. The first kappa shape index (κ1) is 18.4. The molecular weight excluding hydrogens is 337 g/mol. The fourth-order valence-corrected chi connectivity index (χ4v) is 2.97. The summed E-state index contributed by atoms with van der Waals surface area (Å²) in [5.74, 6) is 0.644. The third-order valence-electron chi connectivity index (χ3n) is 4.05. The molecular formula is C20H22FNO4. The lowest BCUT2D eigenvalue weighted by Crippen LogP contribution is -2.11. The fraction of sp³-hybridized carbons (Fsp3) is 0.350. The number of aromatic nitrogens is 1. The number of rotatable bonds is 9. The lowest BCUT2D eigenvalue weighted by molar-refractivity contribution is 0.0325. The van der Waals surface area contributed by atoms with Gasteiger partial charge in [-0.3, -0.25) is 9.36 Å². The van der Waals surface area contributed by atoms with Crippen LogP contribution in [0.2, 0.25) is 0 Å². The Morgan fingerprint density at radius 2 is 1.62 bits per heavy atom. The van der Waals surface area contributed by atoms with Gasteiger partial charge in [0.15, 0.2) is 0 Å². The third kappa shape index (κ3) is 4.03. The van der Waals surface area contributed by atoms with E-state index >= 15 is 0 Å². The van der Waals surface area contributed by atoms with Crippen molar-refractivity contribution in [1.82, 2.24) is 4.57 Å². The Balaban J connectivity index is 1.66. The number of para-hydroxylation sites is 1. The Morgan fingerprint density at radius 3 is 2.38 bits per heavy atom. The maximum absolute atomic E-state index is 12.1. The average Bonchev–Trinajstić information content (AvgIpc) is 2.97. The quantitative estimate of drug-likeness (QED) is 0.545. The number of nitrogens with zero attached hydrogens (tertiary/aromatic N) is 1. The van der Waals surface area contributed by atoms with Crippen molar-refractivity contribution in [3.63, 3.8) is 0 Å². The van der Waals surface area contributed by atoms with E-state index in [9.17, 15) is 9.18 Å². The molecule has 0 unspecified atom stereocenters. The topological polar surface area (TPSA) is 49.7 Å². The van der Waals surface area contributed by atoms with Crippen LogP contribution in [0.25, 0.3) is 21.8 Å². The van der Waals surface area contributed by atoms with Gasteiger partial charge in [0.1, 0.15) is 19.0 Å². The summed E-state index contributed by atoms with van der Waals surface area (Å²) < 4.78 is 29.6. The van der Waals surface area contributed by atoms with E-state index in [4.69, 9.17) is 14.2 Å². The fourth-order valence-electron chi connectivity index (χ4n) is 2.97. The first-order chi connectivity index (χ1) is 12.7. The van der Waals surface area contributed by atoms with Crippen LogP contribution in [0.4, 0.5) is 4.39 Å².